The van der Waals surface area contributed by atoms with Crippen molar-refractivity contribution in [2.45, 2.75) is 9.79 Å². The van der Waals surface area contributed by atoms with Crippen molar-refractivity contribution >= 4 is 41.2 Å². The van der Waals surface area contributed by atoms with Gasteiger partial charge in [0.2, 0.25) is 0 Å². The van der Waals surface area contributed by atoms with E-state index in [9.17, 15) is 0 Å². The van der Waals surface area contributed by atoms with E-state index in [0.717, 1.165) is 21.3 Å². The summed E-state index contributed by atoms with van der Waals surface area (Å²) in [4.78, 5) is 2.27. The van der Waals surface area contributed by atoms with Crippen LogP contribution in [0.4, 0.5) is 0 Å². The molecule has 0 saturated carbocycles. The Kier molecular flexibility index (Phi) is 6.86. The van der Waals surface area contributed by atoms with Crippen LogP contribution in [-0.4, -0.2) is 14.2 Å². The topological polar surface area (TPSA) is 18.5 Å². The van der Waals surface area contributed by atoms with Crippen molar-refractivity contribution in [3.05, 3.63) is 48.5 Å². The van der Waals surface area contributed by atoms with Crippen molar-refractivity contribution in [1.82, 2.24) is 0 Å². The van der Waals surface area contributed by atoms with E-state index in [1.165, 1.54) is 0 Å². The first-order chi connectivity index (χ1) is 9.85. The predicted molar refractivity (Wildman–Crippen MR) is 92.9 cm³/mol. The van der Waals surface area contributed by atoms with Crippen molar-refractivity contribution in [2.24, 2.45) is 0 Å². The summed E-state index contributed by atoms with van der Waals surface area (Å²) in [5.74, 6) is 1.82. The zero-order valence-corrected chi connectivity index (χ0v) is 14.3. The van der Waals surface area contributed by atoms with Crippen LogP contribution in [0.5, 0.6) is 11.5 Å². The number of ether oxygens (including phenoxy) is 2. The summed E-state index contributed by atoms with van der Waals surface area (Å²) < 4.78 is 10.7. The second-order valence-corrected chi connectivity index (χ2v) is 9.36. The maximum Gasteiger partial charge on any atom is 0.133 e. The van der Waals surface area contributed by atoms with Gasteiger partial charge >= 0.3 is 0 Å². The largest absolute Gasteiger partial charge is 0.496 e. The van der Waals surface area contributed by atoms with Crippen LogP contribution in [0.2, 0.25) is 0 Å². The molecule has 2 aromatic rings. The van der Waals surface area contributed by atoms with Crippen LogP contribution < -0.4 is 9.47 Å². The van der Waals surface area contributed by atoms with Gasteiger partial charge in [0.15, 0.2) is 0 Å². The van der Waals surface area contributed by atoms with Gasteiger partial charge < -0.3 is 9.47 Å². The molecule has 0 amide bonds. The Labute approximate surface area is 134 Å². The van der Waals surface area contributed by atoms with Crippen molar-refractivity contribution in [2.75, 3.05) is 14.2 Å². The molecule has 0 fully saturated rings. The lowest BCUT2D eigenvalue weighted by atomic mass is 10.3. The number of benzene rings is 2. The summed E-state index contributed by atoms with van der Waals surface area (Å²) in [5.41, 5.74) is 0. The molecule has 0 bridgehead atoms. The molecule has 0 unspecified atom stereocenters. The summed E-state index contributed by atoms with van der Waals surface area (Å²) in [6.45, 7) is 0. The maximum atomic E-state index is 5.33. The Morgan fingerprint density at radius 1 is 0.650 bits per heavy atom. The number of rotatable bonds is 7. The minimum absolute atomic E-state index is 0.910. The molecular weight excluding hydrogens is 328 g/mol. The van der Waals surface area contributed by atoms with Gasteiger partial charge in [-0.1, -0.05) is 24.3 Å². The first kappa shape index (κ1) is 15.8. The summed E-state index contributed by atoms with van der Waals surface area (Å²) in [7, 11) is 10.2. The number of para-hydroxylation sites is 2. The molecule has 0 N–H and O–H groups in total. The fourth-order valence-electron chi connectivity index (χ4n) is 1.48. The van der Waals surface area contributed by atoms with Crippen molar-refractivity contribution < 1.29 is 9.47 Å². The van der Waals surface area contributed by atoms with Crippen LogP contribution >= 0.6 is 41.2 Å². The van der Waals surface area contributed by atoms with Crippen molar-refractivity contribution in [3.8, 4) is 11.5 Å². The first-order valence-electron chi connectivity index (χ1n) is 5.79. The summed E-state index contributed by atoms with van der Waals surface area (Å²) >= 11 is 0. The molecule has 0 aliphatic carbocycles. The monoisotopic (exact) mass is 342 g/mol. The van der Waals surface area contributed by atoms with Crippen LogP contribution in [0.25, 0.3) is 0 Å². The summed E-state index contributed by atoms with van der Waals surface area (Å²) in [6, 6.07) is 16.1. The van der Waals surface area contributed by atoms with Crippen LogP contribution in [-0.2, 0) is 0 Å². The Balaban J connectivity index is 1.84. The second-order valence-electron chi connectivity index (χ2n) is 3.60. The van der Waals surface area contributed by atoms with Gasteiger partial charge in [0.25, 0.3) is 0 Å². The lowest BCUT2D eigenvalue weighted by Crippen LogP contribution is -1.83. The van der Waals surface area contributed by atoms with E-state index in [-0.39, 0.29) is 0 Å². The zero-order chi connectivity index (χ0) is 14.2. The molecule has 0 aliphatic rings. The van der Waals surface area contributed by atoms with Gasteiger partial charge in [0.05, 0.1) is 24.0 Å². The lowest BCUT2D eigenvalue weighted by molar-refractivity contribution is 0.405. The standard InChI is InChI=1S/C14H14O2S4/c1-15-11-7-3-5-9-13(11)17-19-20-18-14-10-6-4-8-12(14)16-2/h3-10H,1-2H3. The second kappa shape index (κ2) is 8.67. The van der Waals surface area contributed by atoms with Gasteiger partial charge in [-0.2, -0.15) is 0 Å². The lowest BCUT2D eigenvalue weighted by Gasteiger charge is -2.07. The SMILES string of the molecule is COc1ccccc1SSSSc1ccccc1OC. The minimum atomic E-state index is 0.910. The smallest absolute Gasteiger partial charge is 0.133 e. The van der Waals surface area contributed by atoms with Crippen LogP contribution in [0, 0.1) is 0 Å². The Morgan fingerprint density at radius 3 is 1.45 bits per heavy atom. The molecule has 2 nitrogen and oxygen atoms in total. The van der Waals surface area contributed by atoms with E-state index in [2.05, 4.69) is 12.1 Å². The van der Waals surface area contributed by atoms with E-state index < -0.39 is 0 Å². The third kappa shape index (κ3) is 4.48. The van der Waals surface area contributed by atoms with E-state index in [1.807, 2.05) is 36.4 Å². The number of hydrogen-bond donors (Lipinski definition) is 0. The highest BCUT2D eigenvalue weighted by Crippen LogP contribution is 2.52. The molecule has 2 rings (SSSR count). The number of hydrogen-bond acceptors (Lipinski definition) is 6. The zero-order valence-electron chi connectivity index (χ0n) is 11.1. The molecule has 0 aliphatic heterocycles. The molecule has 106 valence electrons. The van der Waals surface area contributed by atoms with Crippen LogP contribution in [0.15, 0.2) is 58.3 Å². The fourth-order valence-corrected chi connectivity index (χ4v) is 7.17. The van der Waals surface area contributed by atoms with Gasteiger partial charge in [0, 0.05) is 0 Å². The molecule has 20 heavy (non-hydrogen) atoms. The maximum absolute atomic E-state index is 5.33. The van der Waals surface area contributed by atoms with Gasteiger partial charge in [-0.3, -0.25) is 0 Å². The highest BCUT2D eigenvalue weighted by Gasteiger charge is 2.06. The highest BCUT2D eigenvalue weighted by molar-refractivity contribution is 9.26. The van der Waals surface area contributed by atoms with E-state index >= 15 is 0 Å². The Morgan fingerprint density at radius 2 is 1.05 bits per heavy atom. The molecule has 2 aromatic carbocycles. The average molecular weight is 343 g/mol. The van der Waals surface area contributed by atoms with E-state index in [1.54, 1.807) is 55.5 Å². The average Bonchev–Trinajstić information content (AvgIpc) is 2.52. The summed E-state index contributed by atoms with van der Waals surface area (Å²) in [6.07, 6.45) is 0. The van der Waals surface area contributed by atoms with Crippen molar-refractivity contribution in [3.63, 3.8) is 0 Å². The predicted octanol–water partition coefficient (Wildman–Crippen LogP) is 5.80. The van der Waals surface area contributed by atoms with E-state index in [0.29, 0.717) is 0 Å². The molecule has 0 radical (unpaired) electrons. The summed E-state index contributed by atoms with van der Waals surface area (Å²) in [5, 5.41) is 0. The van der Waals surface area contributed by atoms with Crippen LogP contribution in [0.1, 0.15) is 0 Å². The quantitative estimate of drug-likeness (QED) is 0.464. The van der Waals surface area contributed by atoms with Gasteiger partial charge in [-0.05, 0) is 65.5 Å². The Bertz CT molecular complexity index is 499. The molecule has 0 saturated heterocycles. The molecule has 0 spiro atoms. The Hall–Kier alpha value is -0.560. The molecule has 6 heteroatoms. The third-order valence-electron chi connectivity index (χ3n) is 2.41. The van der Waals surface area contributed by atoms with Gasteiger partial charge in [0.1, 0.15) is 11.5 Å². The minimum Gasteiger partial charge on any atom is -0.496 e. The van der Waals surface area contributed by atoms with Gasteiger partial charge in [-0.15, -0.1) is 0 Å². The fraction of sp³-hybridized carbons (Fsp3) is 0.143. The van der Waals surface area contributed by atoms with Gasteiger partial charge in [-0.25, -0.2) is 0 Å². The highest BCUT2D eigenvalue weighted by atomic mass is 33.7. The van der Waals surface area contributed by atoms with Crippen LogP contribution in [0.3, 0.4) is 0 Å². The van der Waals surface area contributed by atoms with E-state index in [4.69, 9.17) is 9.47 Å². The molecule has 0 heterocycles. The number of methoxy groups -OCH3 is 2. The molecule has 0 atom stereocenters. The van der Waals surface area contributed by atoms with Crippen molar-refractivity contribution in [1.29, 1.82) is 0 Å². The third-order valence-corrected chi connectivity index (χ3v) is 8.52. The first-order valence-corrected chi connectivity index (χ1v) is 10.6. The molecule has 0 aromatic heterocycles. The normalized spacial score (nSPS) is 10.3. The molecular formula is C14H14O2S4.